The van der Waals surface area contributed by atoms with Crippen molar-refractivity contribution in [3.8, 4) is 5.75 Å². The van der Waals surface area contributed by atoms with Crippen LogP contribution in [-0.4, -0.2) is 23.9 Å². The number of rotatable bonds is 5. The second kappa shape index (κ2) is 5.88. The van der Waals surface area contributed by atoms with Crippen LogP contribution in [0, 0.1) is 18.7 Å². The van der Waals surface area contributed by atoms with Gasteiger partial charge in [0.05, 0.1) is 13.2 Å². The number of aliphatic hydroxyl groups excluding tert-OH is 1. The standard InChI is InChI=1S/C15H22FNO2/c1-11-9-13(16)4-5-14(11)19-8-6-12-3-2-7-15(12,17)10-18/h4-5,9,12,18H,2-3,6-8,10,17H2,1H3. The van der Waals surface area contributed by atoms with Crippen LogP contribution >= 0.6 is 0 Å². The van der Waals surface area contributed by atoms with E-state index in [0.717, 1.165) is 31.2 Å². The smallest absolute Gasteiger partial charge is 0.123 e. The number of ether oxygens (including phenoxy) is 1. The van der Waals surface area contributed by atoms with Gasteiger partial charge in [0.25, 0.3) is 0 Å². The van der Waals surface area contributed by atoms with E-state index in [2.05, 4.69) is 0 Å². The highest BCUT2D eigenvalue weighted by atomic mass is 19.1. The number of aliphatic hydroxyl groups is 1. The lowest BCUT2D eigenvalue weighted by Gasteiger charge is -2.29. The lowest BCUT2D eigenvalue weighted by atomic mass is 9.87. The van der Waals surface area contributed by atoms with Gasteiger partial charge in [0, 0.05) is 5.54 Å². The van der Waals surface area contributed by atoms with Crippen molar-refractivity contribution in [3.63, 3.8) is 0 Å². The Morgan fingerprint density at radius 1 is 1.53 bits per heavy atom. The van der Waals surface area contributed by atoms with Crippen molar-refractivity contribution in [1.82, 2.24) is 0 Å². The molecule has 0 radical (unpaired) electrons. The molecule has 3 N–H and O–H groups in total. The molecule has 0 aromatic heterocycles. The molecule has 0 aliphatic heterocycles. The Morgan fingerprint density at radius 2 is 2.32 bits per heavy atom. The normalized spacial score (nSPS) is 26.6. The molecule has 0 amide bonds. The lowest BCUT2D eigenvalue weighted by molar-refractivity contribution is 0.143. The minimum absolute atomic E-state index is 0.0350. The second-order valence-electron chi connectivity index (χ2n) is 5.53. The van der Waals surface area contributed by atoms with Crippen molar-refractivity contribution in [2.24, 2.45) is 11.7 Å². The summed E-state index contributed by atoms with van der Waals surface area (Å²) in [4.78, 5) is 0. The Bertz CT molecular complexity index is 438. The maximum absolute atomic E-state index is 13.0. The monoisotopic (exact) mass is 267 g/mol. The van der Waals surface area contributed by atoms with Crippen LogP contribution in [0.15, 0.2) is 18.2 Å². The Kier molecular flexibility index (Phi) is 4.42. The summed E-state index contributed by atoms with van der Waals surface area (Å²) >= 11 is 0. The molecule has 1 aromatic carbocycles. The molecule has 1 saturated carbocycles. The minimum Gasteiger partial charge on any atom is -0.493 e. The van der Waals surface area contributed by atoms with Gasteiger partial charge in [-0.1, -0.05) is 6.42 Å². The molecule has 106 valence electrons. The van der Waals surface area contributed by atoms with Gasteiger partial charge in [-0.2, -0.15) is 0 Å². The summed E-state index contributed by atoms with van der Waals surface area (Å²) in [5, 5.41) is 9.38. The van der Waals surface area contributed by atoms with Crippen molar-refractivity contribution in [3.05, 3.63) is 29.6 Å². The van der Waals surface area contributed by atoms with E-state index in [4.69, 9.17) is 10.5 Å². The highest BCUT2D eigenvalue weighted by Gasteiger charge is 2.38. The summed E-state index contributed by atoms with van der Waals surface area (Å²) in [7, 11) is 0. The van der Waals surface area contributed by atoms with Crippen LogP contribution in [0.5, 0.6) is 5.75 Å². The van der Waals surface area contributed by atoms with E-state index < -0.39 is 5.54 Å². The number of hydrogen-bond acceptors (Lipinski definition) is 3. The molecule has 2 atom stereocenters. The van der Waals surface area contributed by atoms with E-state index in [1.165, 1.54) is 12.1 Å². The lowest BCUT2D eigenvalue weighted by Crippen LogP contribution is -2.47. The van der Waals surface area contributed by atoms with Crippen molar-refractivity contribution >= 4 is 0 Å². The van der Waals surface area contributed by atoms with Crippen molar-refractivity contribution in [2.45, 2.75) is 38.1 Å². The summed E-state index contributed by atoms with van der Waals surface area (Å²) in [6, 6.07) is 4.52. The van der Waals surface area contributed by atoms with Crippen LogP contribution in [0.3, 0.4) is 0 Å². The zero-order valence-electron chi connectivity index (χ0n) is 11.4. The number of halogens is 1. The summed E-state index contributed by atoms with van der Waals surface area (Å²) in [6.45, 7) is 2.41. The molecular formula is C15H22FNO2. The first-order valence-electron chi connectivity index (χ1n) is 6.84. The quantitative estimate of drug-likeness (QED) is 0.861. The Hall–Kier alpha value is -1.13. The van der Waals surface area contributed by atoms with E-state index in [-0.39, 0.29) is 12.4 Å². The fourth-order valence-corrected chi connectivity index (χ4v) is 2.90. The molecular weight excluding hydrogens is 245 g/mol. The molecule has 0 bridgehead atoms. The number of aryl methyl sites for hydroxylation is 1. The van der Waals surface area contributed by atoms with Gasteiger partial charge < -0.3 is 15.6 Å². The molecule has 1 aliphatic rings. The highest BCUT2D eigenvalue weighted by Crippen LogP contribution is 2.35. The number of nitrogens with two attached hydrogens (primary N) is 1. The topological polar surface area (TPSA) is 55.5 Å². The average Bonchev–Trinajstić information content (AvgIpc) is 2.74. The first-order valence-corrected chi connectivity index (χ1v) is 6.84. The fourth-order valence-electron chi connectivity index (χ4n) is 2.90. The van der Waals surface area contributed by atoms with Crippen molar-refractivity contribution in [1.29, 1.82) is 0 Å². The van der Waals surface area contributed by atoms with Crippen molar-refractivity contribution in [2.75, 3.05) is 13.2 Å². The molecule has 2 rings (SSSR count). The Morgan fingerprint density at radius 3 is 3.00 bits per heavy atom. The fraction of sp³-hybridized carbons (Fsp3) is 0.600. The molecule has 19 heavy (non-hydrogen) atoms. The SMILES string of the molecule is Cc1cc(F)ccc1OCCC1CCCC1(N)CO. The van der Waals surface area contributed by atoms with Crippen LogP contribution in [0.1, 0.15) is 31.2 Å². The predicted octanol–water partition coefficient (Wildman–Crippen LogP) is 2.39. The second-order valence-corrected chi connectivity index (χ2v) is 5.53. The van der Waals surface area contributed by atoms with Gasteiger partial charge in [0.2, 0.25) is 0 Å². The Labute approximate surface area is 113 Å². The summed E-state index contributed by atoms with van der Waals surface area (Å²) in [6.07, 6.45) is 3.82. The van der Waals surface area contributed by atoms with Crippen LogP contribution in [0.2, 0.25) is 0 Å². The zero-order chi connectivity index (χ0) is 13.9. The maximum atomic E-state index is 13.0. The van der Waals surface area contributed by atoms with E-state index in [1.807, 2.05) is 6.92 Å². The third-order valence-corrected chi connectivity index (χ3v) is 4.16. The van der Waals surface area contributed by atoms with Crippen LogP contribution in [-0.2, 0) is 0 Å². The molecule has 3 nitrogen and oxygen atoms in total. The number of hydrogen-bond donors (Lipinski definition) is 2. The highest BCUT2D eigenvalue weighted by molar-refractivity contribution is 5.32. The van der Waals surface area contributed by atoms with Gasteiger partial charge in [-0.15, -0.1) is 0 Å². The first-order chi connectivity index (χ1) is 9.05. The molecule has 2 unspecified atom stereocenters. The Balaban J connectivity index is 1.86. The summed E-state index contributed by atoms with van der Waals surface area (Å²) in [5.74, 6) is 0.770. The molecule has 0 spiro atoms. The molecule has 4 heteroatoms. The predicted molar refractivity (Wildman–Crippen MR) is 72.6 cm³/mol. The first kappa shape index (κ1) is 14.3. The average molecular weight is 267 g/mol. The third kappa shape index (κ3) is 3.25. The largest absolute Gasteiger partial charge is 0.493 e. The van der Waals surface area contributed by atoms with Gasteiger partial charge in [-0.3, -0.25) is 0 Å². The molecule has 0 heterocycles. The van der Waals surface area contributed by atoms with Crippen LogP contribution in [0.25, 0.3) is 0 Å². The molecule has 1 aromatic rings. The van der Waals surface area contributed by atoms with E-state index >= 15 is 0 Å². The van der Waals surface area contributed by atoms with Gasteiger partial charge in [0.1, 0.15) is 11.6 Å². The van der Waals surface area contributed by atoms with Crippen LogP contribution < -0.4 is 10.5 Å². The molecule has 0 saturated heterocycles. The van der Waals surface area contributed by atoms with Gasteiger partial charge in [-0.05, 0) is 55.9 Å². The van der Waals surface area contributed by atoms with Crippen LogP contribution in [0.4, 0.5) is 4.39 Å². The summed E-state index contributed by atoms with van der Waals surface area (Å²) < 4.78 is 18.7. The molecule has 1 fully saturated rings. The summed E-state index contributed by atoms with van der Waals surface area (Å²) in [5.41, 5.74) is 6.53. The van der Waals surface area contributed by atoms with Crippen molar-refractivity contribution < 1.29 is 14.2 Å². The zero-order valence-corrected chi connectivity index (χ0v) is 11.4. The third-order valence-electron chi connectivity index (χ3n) is 4.16. The maximum Gasteiger partial charge on any atom is 0.123 e. The van der Waals surface area contributed by atoms with E-state index in [9.17, 15) is 9.50 Å². The van der Waals surface area contributed by atoms with E-state index in [0.29, 0.717) is 18.3 Å². The van der Waals surface area contributed by atoms with Gasteiger partial charge in [-0.25, -0.2) is 4.39 Å². The van der Waals surface area contributed by atoms with E-state index in [1.54, 1.807) is 6.07 Å². The minimum atomic E-state index is -0.443. The van der Waals surface area contributed by atoms with Gasteiger partial charge in [0.15, 0.2) is 0 Å². The molecule has 1 aliphatic carbocycles. The van der Waals surface area contributed by atoms with Gasteiger partial charge >= 0.3 is 0 Å². The number of benzene rings is 1.